The highest BCUT2D eigenvalue weighted by molar-refractivity contribution is 5.91. The Kier molecular flexibility index (Phi) is 3.68. The van der Waals surface area contributed by atoms with Gasteiger partial charge in [-0.15, -0.1) is 0 Å². The summed E-state index contributed by atoms with van der Waals surface area (Å²) in [5, 5.41) is 2.30. The molecule has 3 nitrogen and oxygen atoms in total. The first-order chi connectivity index (χ1) is 8.16. The van der Waals surface area contributed by atoms with Crippen LogP contribution in [0.3, 0.4) is 0 Å². The summed E-state index contributed by atoms with van der Waals surface area (Å²) in [6.07, 6.45) is 2.22. The molecule has 1 amide bonds. The van der Waals surface area contributed by atoms with E-state index >= 15 is 0 Å². The molecule has 0 bridgehead atoms. The molecule has 1 aliphatic rings. The number of nitrogens with one attached hydrogen (secondary N) is 2. The Morgan fingerprint density at radius 2 is 1.82 bits per heavy atom. The van der Waals surface area contributed by atoms with Crippen LogP contribution in [-0.4, -0.2) is 25.5 Å². The lowest BCUT2D eigenvalue weighted by Crippen LogP contribution is -3.11. The lowest BCUT2D eigenvalue weighted by molar-refractivity contribution is -0.878. The molecule has 0 radical (unpaired) electrons. The topological polar surface area (TPSA) is 33.5 Å². The summed E-state index contributed by atoms with van der Waals surface area (Å²) in [7, 11) is 0. The van der Waals surface area contributed by atoms with Crippen molar-refractivity contribution in [2.75, 3.05) is 25.0 Å². The molecule has 2 rings (SSSR count). The molecule has 92 valence electrons. The number of anilines is 1. The molecule has 0 aromatic heterocycles. The molecule has 0 saturated carbocycles. The summed E-state index contributed by atoms with van der Waals surface area (Å²) in [4.78, 5) is 12.8. The Balaban J connectivity index is 1.97. The van der Waals surface area contributed by atoms with E-state index in [0.717, 1.165) is 38.1 Å². The second-order valence-corrected chi connectivity index (χ2v) is 4.28. The van der Waals surface area contributed by atoms with Crippen molar-refractivity contribution in [3.8, 4) is 0 Å². The van der Waals surface area contributed by atoms with Crippen molar-refractivity contribution in [2.24, 2.45) is 0 Å². The van der Waals surface area contributed by atoms with Crippen molar-refractivity contribution >= 4 is 11.6 Å². The number of halogens is 2. The lowest BCUT2D eigenvalue weighted by atomic mass is 10.3. The van der Waals surface area contributed by atoms with Gasteiger partial charge in [-0.05, 0) is 12.1 Å². The highest BCUT2D eigenvalue weighted by atomic mass is 19.1. The summed E-state index contributed by atoms with van der Waals surface area (Å²) in [5.41, 5.74) is -0.351. The molecular formula is C12H15F2N2O+. The number of quaternary nitrogens is 1. The van der Waals surface area contributed by atoms with E-state index in [9.17, 15) is 13.6 Å². The van der Waals surface area contributed by atoms with E-state index in [4.69, 9.17) is 0 Å². The number of para-hydroxylation sites is 1. The maximum absolute atomic E-state index is 13.3. The molecule has 5 heteroatoms. The number of likely N-dealkylation sites (tertiary alicyclic amines) is 1. The third-order valence-corrected chi connectivity index (χ3v) is 2.95. The summed E-state index contributed by atoms with van der Waals surface area (Å²) in [6.45, 7) is 2.17. The summed E-state index contributed by atoms with van der Waals surface area (Å²) >= 11 is 0. The Hall–Kier alpha value is -1.49. The van der Waals surface area contributed by atoms with Crippen molar-refractivity contribution in [2.45, 2.75) is 12.8 Å². The van der Waals surface area contributed by atoms with Gasteiger partial charge in [0.05, 0.1) is 13.1 Å². The Labute approximate surface area is 98.4 Å². The van der Waals surface area contributed by atoms with Crippen LogP contribution < -0.4 is 10.2 Å². The molecule has 0 spiro atoms. The summed E-state index contributed by atoms with van der Waals surface area (Å²) in [6, 6.07) is 3.52. The van der Waals surface area contributed by atoms with E-state index in [1.807, 2.05) is 0 Å². The van der Waals surface area contributed by atoms with Gasteiger partial charge in [0.2, 0.25) is 0 Å². The van der Waals surface area contributed by atoms with E-state index in [2.05, 4.69) is 5.32 Å². The minimum absolute atomic E-state index is 0.272. The van der Waals surface area contributed by atoms with E-state index < -0.39 is 11.6 Å². The van der Waals surface area contributed by atoms with Gasteiger partial charge in [0, 0.05) is 12.8 Å². The predicted octanol–water partition coefficient (Wildman–Crippen LogP) is 0.582. The molecule has 1 saturated heterocycles. The number of carbonyl (C=O) groups excluding carboxylic acids is 1. The van der Waals surface area contributed by atoms with Gasteiger partial charge in [-0.3, -0.25) is 4.79 Å². The fourth-order valence-electron chi connectivity index (χ4n) is 2.08. The zero-order chi connectivity index (χ0) is 12.3. The Morgan fingerprint density at radius 3 is 2.41 bits per heavy atom. The monoisotopic (exact) mass is 241 g/mol. The number of benzene rings is 1. The first-order valence-corrected chi connectivity index (χ1v) is 5.74. The largest absolute Gasteiger partial charge is 0.327 e. The SMILES string of the molecule is O=C(C[NH+]1CCCC1)Nc1c(F)cccc1F. The normalized spacial score (nSPS) is 16.1. The van der Waals surface area contributed by atoms with Crippen LogP contribution in [0.2, 0.25) is 0 Å². The van der Waals surface area contributed by atoms with Crippen molar-refractivity contribution < 1.29 is 18.5 Å². The molecule has 1 aliphatic heterocycles. The molecule has 1 fully saturated rings. The molecule has 1 heterocycles. The maximum Gasteiger partial charge on any atom is 0.279 e. The van der Waals surface area contributed by atoms with E-state index in [0.29, 0.717) is 0 Å². The van der Waals surface area contributed by atoms with Gasteiger partial charge in [-0.25, -0.2) is 8.78 Å². The van der Waals surface area contributed by atoms with Crippen LogP contribution in [0.4, 0.5) is 14.5 Å². The summed E-state index contributed by atoms with van der Waals surface area (Å²) in [5.74, 6) is -1.82. The average molecular weight is 241 g/mol. The highest BCUT2D eigenvalue weighted by Gasteiger charge is 2.20. The van der Waals surface area contributed by atoms with Crippen LogP contribution in [-0.2, 0) is 4.79 Å². The maximum atomic E-state index is 13.3. The molecule has 1 aromatic rings. The van der Waals surface area contributed by atoms with Gasteiger partial charge in [-0.2, -0.15) is 0 Å². The minimum Gasteiger partial charge on any atom is -0.327 e. The van der Waals surface area contributed by atoms with Crippen molar-refractivity contribution in [3.63, 3.8) is 0 Å². The number of amides is 1. The third-order valence-electron chi connectivity index (χ3n) is 2.95. The zero-order valence-electron chi connectivity index (χ0n) is 9.43. The zero-order valence-corrected chi connectivity index (χ0v) is 9.43. The number of hydrogen-bond acceptors (Lipinski definition) is 1. The second kappa shape index (κ2) is 5.23. The molecule has 2 N–H and O–H groups in total. The smallest absolute Gasteiger partial charge is 0.279 e. The third kappa shape index (κ3) is 3.00. The second-order valence-electron chi connectivity index (χ2n) is 4.28. The molecule has 17 heavy (non-hydrogen) atoms. The molecular weight excluding hydrogens is 226 g/mol. The van der Waals surface area contributed by atoms with Gasteiger partial charge in [-0.1, -0.05) is 6.07 Å². The van der Waals surface area contributed by atoms with Crippen LogP contribution in [0.1, 0.15) is 12.8 Å². The summed E-state index contributed by atoms with van der Waals surface area (Å²) < 4.78 is 26.5. The van der Waals surface area contributed by atoms with Crippen molar-refractivity contribution in [1.82, 2.24) is 0 Å². The molecule has 0 aliphatic carbocycles. The standard InChI is InChI=1S/C12H14F2N2O/c13-9-4-3-5-10(14)12(9)15-11(17)8-16-6-1-2-7-16/h3-5H,1-2,6-8H2,(H,15,17)/p+1. The van der Waals surface area contributed by atoms with Gasteiger partial charge >= 0.3 is 0 Å². The number of carbonyl (C=O) groups is 1. The van der Waals surface area contributed by atoms with Gasteiger partial charge < -0.3 is 10.2 Å². The first-order valence-electron chi connectivity index (χ1n) is 5.74. The van der Waals surface area contributed by atoms with Gasteiger partial charge in [0.15, 0.2) is 6.54 Å². The van der Waals surface area contributed by atoms with Crippen LogP contribution in [0, 0.1) is 11.6 Å². The van der Waals surface area contributed by atoms with E-state index in [1.54, 1.807) is 0 Å². The van der Waals surface area contributed by atoms with E-state index in [1.165, 1.54) is 11.0 Å². The van der Waals surface area contributed by atoms with Gasteiger partial charge in [0.25, 0.3) is 5.91 Å². The number of hydrogen-bond donors (Lipinski definition) is 2. The van der Waals surface area contributed by atoms with Crippen LogP contribution in [0.5, 0.6) is 0 Å². The fraction of sp³-hybridized carbons (Fsp3) is 0.417. The lowest BCUT2D eigenvalue weighted by Gasteiger charge is -2.12. The van der Waals surface area contributed by atoms with E-state index in [-0.39, 0.29) is 18.1 Å². The quantitative estimate of drug-likeness (QED) is 0.797. The van der Waals surface area contributed by atoms with Crippen LogP contribution >= 0.6 is 0 Å². The predicted molar refractivity (Wildman–Crippen MR) is 59.8 cm³/mol. The van der Waals surface area contributed by atoms with Crippen molar-refractivity contribution in [3.05, 3.63) is 29.8 Å². The Bertz CT molecular complexity index is 397. The van der Waals surface area contributed by atoms with Crippen LogP contribution in [0.15, 0.2) is 18.2 Å². The fourth-order valence-corrected chi connectivity index (χ4v) is 2.08. The molecule has 1 aromatic carbocycles. The molecule has 0 atom stereocenters. The molecule has 0 unspecified atom stereocenters. The van der Waals surface area contributed by atoms with Crippen LogP contribution in [0.25, 0.3) is 0 Å². The minimum atomic E-state index is -0.741. The highest BCUT2D eigenvalue weighted by Crippen LogP contribution is 2.17. The Morgan fingerprint density at radius 1 is 1.24 bits per heavy atom. The number of rotatable bonds is 3. The average Bonchev–Trinajstić information content (AvgIpc) is 2.76. The van der Waals surface area contributed by atoms with Gasteiger partial charge in [0.1, 0.15) is 17.3 Å². The van der Waals surface area contributed by atoms with Crippen molar-refractivity contribution in [1.29, 1.82) is 0 Å². The first kappa shape index (κ1) is 12.0.